The van der Waals surface area contributed by atoms with E-state index in [1.807, 2.05) is 17.0 Å². The van der Waals surface area contributed by atoms with Crippen LogP contribution >= 0.6 is 22.9 Å². The topological polar surface area (TPSA) is 49.4 Å². The molecule has 2 amide bonds. The van der Waals surface area contributed by atoms with Gasteiger partial charge in [-0.25, -0.2) is 0 Å². The molecule has 2 aromatic rings. The Labute approximate surface area is 163 Å². The number of carbonyl (C=O) groups excluding carboxylic acids is 2. The Morgan fingerprint density at radius 1 is 1.31 bits per heavy atom. The molecule has 2 atom stereocenters. The van der Waals surface area contributed by atoms with Gasteiger partial charge >= 0.3 is 0 Å². The van der Waals surface area contributed by atoms with Crippen LogP contribution in [0.5, 0.6) is 0 Å². The van der Waals surface area contributed by atoms with Crippen LogP contribution in [-0.4, -0.2) is 23.3 Å². The molecule has 0 saturated heterocycles. The maximum Gasteiger partial charge on any atom is 0.225 e. The van der Waals surface area contributed by atoms with Crippen molar-refractivity contribution in [2.24, 2.45) is 0 Å². The van der Waals surface area contributed by atoms with Crippen LogP contribution < -0.4 is 5.32 Å². The Kier molecular flexibility index (Phi) is 5.99. The van der Waals surface area contributed by atoms with Crippen LogP contribution in [0.25, 0.3) is 0 Å². The number of hydrogen-bond acceptors (Lipinski definition) is 3. The number of nitrogens with one attached hydrogen (secondary N) is 1. The molecule has 3 rings (SSSR count). The number of hydrogen-bond donors (Lipinski definition) is 1. The second-order valence-corrected chi connectivity index (χ2v) is 8.01. The molecule has 0 aliphatic carbocycles. The van der Waals surface area contributed by atoms with E-state index in [-0.39, 0.29) is 30.3 Å². The lowest BCUT2D eigenvalue weighted by Crippen LogP contribution is -2.41. The molecule has 0 fully saturated rings. The molecule has 1 aliphatic rings. The molecule has 138 valence electrons. The summed E-state index contributed by atoms with van der Waals surface area (Å²) in [5.74, 6) is -0.0778. The van der Waals surface area contributed by atoms with Gasteiger partial charge in [-0.05, 0) is 47.5 Å². The van der Waals surface area contributed by atoms with Gasteiger partial charge in [0.2, 0.25) is 11.8 Å². The molecule has 0 bridgehead atoms. The van der Waals surface area contributed by atoms with Crippen molar-refractivity contribution in [3.8, 4) is 0 Å². The van der Waals surface area contributed by atoms with Crippen molar-refractivity contribution < 1.29 is 9.59 Å². The number of halogens is 1. The molecule has 2 heterocycles. The predicted molar refractivity (Wildman–Crippen MR) is 105 cm³/mol. The summed E-state index contributed by atoms with van der Waals surface area (Å²) in [5, 5.41) is 5.64. The molecule has 0 unspecified atom stereocenters. The highest BCUT2D eigenvalue weighted by Gasteiger charge is 2.31. The molecule has 1 aromatic carbocycles. The van der Waals surface area contributed by atoms with E-state index >= 15 is 0 Å². The van der Waals surface area contributed by atoms with Gasteiger partial charge in [0.05, 0.1) is 18.5 Å². The van der Waals surface area contributed by atoms with E-state index in [9.17, 15) is 9.59 Å². The molecule has 26 heavy (non-hydrogen) atoms. The van der Waals surface area contributed by atoms with Gasteiger partial charge in [-0.2, -0.15) is 0 Å². The monoisotopic (exact) mass is 390 g/mol. The first-order valence-electron chi connectivity index (χ1n) is 8.88. The van der Waals surface area contributed by atoms with Gasteiger partial charge < -0.3 is 10.2 Å². The highest BCUT2D eigenvalue weighted by atomic mass is 35.5. The van der Waals surface area contributed by atoms with Crippen LogP contribution in [0.3, 0.4) is 0 Å². The Bertz CT molecular complexity index is 787. The van der Waals surface area contributed by atoms with E-state index < -0.39 is 0 Å². The lowest BCUT2D eigenvalue weighted by Gasteiger charge is -2.36. The maximum absolute atomic E-state index is 13.1. The highest BCUT2D eigenvalue weighted by molar-refractivity contribution is 7.10. The third-order valence-electron chi connectivity index (χ3n) is 4.83. The second kappa shape index (κ2) is 8.23. The number of amides is 2. The van der Waals surface area contributed by atoms with Gasteiger partial charge in [0.1, 0.15) is 0 Å². The third kappa shape index (κ3) is 4.10. The fourth-order valence-corrected chi connectivity index (χ4v) is 4.67. The van der Waals surface area contributed by atoms with Gasteiger partial charge in [0, 0.05) is 23.4 Å². The molecule has 1 N–H and O–H groups in total. The number of carbonyl (C=O) groups is 2. The quantitative estimate of drug-likeness (QED) is 0.816. The summed E-state index contributed by atoms with van der Waals surface area (Å²) in [4.78, 5) is 28.1. The van der Waals surface area contributed by atoms with Crippen LogP contribution in [0.2, 0.25) is 5.02 Å². The molecule has 0 saturated carbocycles. The van der Waals surface area contributed by atoms with Crippen LogP contribution in [0.1, 0.15) is 54.8 Å². The van der Waals surface area contributed by atoms with Crippen molar-refractivity contribution in [3.05, 3.63) is 56.7 Å². The van der Waals surface area contributed by atoms with Crippen molar-refractivity contribution in [3.63, 3.8) is 0 Å². The summed E-state index contributed by atoms with van der Waals surface area (Å²) >= 11 is 7.73. The average molecular weight is 391 g/mol. The largest absolute Gasteiger partial charge is 0.349 e. The van der Waals surface area contributed by atoms with Gasteiger partial charge in [-0.15, -0.1) is 11.3 Å². The molecule has 4 nitrogen and oxygen atoms in total. The highest BCUT2D eigenvalue weighted by Crippen LogP contribution is 2.36. The molecule has 0 spiro atoms. The predicted octanol–water partition coefficient (Wildman–Crippen LogP) is 4.50. The van der Waals surface area contributed by atoms with Crippen molar-refractivity contribution in [1.82, 2.24) is 10.2 Å². The number of nitrogens with zero attached hydrogens (tertiary/aromatic N) is 1. The third-order valence-corrected chi connectivity index (χ3v) is 6.08. The fourth-order valence-electron chi connectivity index (χ4n) is 3.62. The van der Waals surface area contributed by atoms with Gasteiger partial charge in [-0.3, -0.25) is 9.59 Å². The summed E-state index contributed by atoms with van der Waals surface area (Å²) in [7, 11) is 0. The van der Waals surface area contributed by atoms with E-state index in [2.05, 4.69) is 23.7 Å². The summed E-state index contributed by atoms with van der Waals surface area (Å²) in [5.41, 5.74) is 2.17. The molecule has 1 aliphatic heterocycles. The zero-order valence-corrected chi connectivity index (χ0v) is 16.6. The van der Waals surface area contributed by atoms with E-state index in [1.165, 1.54) is 17.4 Å². The summed E-state index contributed by atoms with van der Waals surface area (Å²) in [6.45, 7) is 4.32. The zero-order chi connectivity index (χ0) is 18.7. The minimum atomic E-state index is -0.348. The SMILES string of the molecule is CC[C@H]1c2ccsc2CCN1C(=O)C[C@@H](NC(C)=O)c1ccc(Cl)cc1. The molecular weight excluding hydrogens is 368 g/mol. The van der Waals surface area contributed by atoms with Gasteiger partial charge in [0.25, 0.3) is 0 Å². The Morgan fingerprint density at radius 3 is 2.69 bits per heavy atom. The molecule has 0 radical (unpaired) electrons. The first kappa shape index (κ1) is 18.9. The number of benzene rings is 1. The van der Waals surface area contributed by atoms with E-state index in [4.69, 9.17) is 11.6 Å². The first-order valence-corrected chi connectivity index (χ1v) is 10.1. The van der Waals surface area contributed by atoms with Crippen molar-refractivity contribution in [2.75, 3.05) is 6.54 Å². The van der Waals surface area contributed by atoms with Crippen LogP contribution in [0.4, 0.5) is 0 Å². The van der Waals surface area contributed by atoms with Crippen LogP contribution in [0, 0.1) is 0 Å². The van der Waals surface area contributed by atoms with Crippen LogP contribution in [-0.2, 0) is 16.0 Å². The molecule has 6 heteroatoms. The van der Waals surface area contributed by atoms with Gasteiger partial charge in [0.15, 0.2) is 0 Å². The average Bonchev–Trinajstić information content (AvgIpc) is 3.09. The Hall–Kier alpha value is -1.85. The first-order chi connectivity index (χ1) is 12.5. The smallest absolute Gasteiger partial charge is 0.225 e. The van der Waals surface area contributed by atoms with Gasteiger partial charge in [-0.1, -0.05) is 30.7 Å². The van der Waals surface area contributed by atoms with E-state index in [0.29, 0.717) is 5.02 Å². The van der Waals surface area contributed by atoms with E-state index in [0.717, 1.165) is 24.9 Å². The number of rotatable bonds is 5. The fraction of sp³-hybridized carbons (Fsp3) is 0.400. The zero-order valence-electron chi connectivity index (χ0n) is 15.0. The minimum absolute atomic E-state index is 0.0717. The van der Waals surface area contributed by atoms with Crippen molar-refractivity contribution >= 4 is 34.8 Å². The standard InChI is InChI=1S/C20H23ClN2O2S/c1-3-18-16-9-11-26-19(16)8-10-23(18)20(25)12-17(22-13(2)24)14-4-6-15(21)7-5-14/h4-7,9,11,17-18H,3,8,10,12H2,1-2H3,(H,22,24)/t17-,18+/m1/s1. The minimum Gasteiger partial charge on any atom is -0.349 e. The van der Waals surface area contributed by atoms with Crippen molar-refractivity contribution in [1.29, 1.82) is 0 Å². The maximum atomic E-state index is 13.1. The summed E-state index contributed by atoms with van der Waals surface area (Å²) in [6, 6.07) is 9.20. The number of thiophene rings is 1. The normalized spacial score (nSPS) is 17.5. The van der Waals surface area contributed by atoms with E-state index in [1.54, 1.807) is 23.5 Å². The Morgan fingerprint density at radius 2 is 2.04 bits per heavy atom. The lowest BCUT2D eigenvalue weighted by molar-refractivity contribution is -0.135. The molecular formula is C20H23ClN2O2S. The van der Waals surface area contributed by atoms with Crippen LogP contribution in [0.15, 0.2) is 35.7 Å². The lowest BCUT2D eigenvalue weighted by atomic mass is 9.96. The summed E-state index contributed by atoms with van der Waals surface area (Å²) in [6.07, 6.45) is 2.04. The molecule has 1 aromatic heterocycles. The second-order valence-electron chi connectivity index (χ2n) is 6.57. The number of fused-ring (bicyclic) bond motifs is 1. The Balaban J connectivity index is 1.79. The summed E-state index contributed by atoms with van der Waals surface area (Å²) < 4.78 is 0. The van der Waals surface area contributed by atoms with Crippen molar-refractivity contribution in [2.45, 2.75) is 45.2 Å².